The lowest BCUT2D eigenvalue weighted by atomic mass is 9.88. The molecular formula is C10H18N2O2. The van der Waals surface area contributed by atoms with Crippen molar-refractivity contribution >= 4 is 11.8 Å². The van der Waals surface area contributed by atoms with Crippen LogP contribution in [0.1, 0.15) is 27.2 Å². The summed E-state index contributed by atoms with van der Waals surface area (Å²) in [5, 5.41) is 5.53. The number of carbonyl (C=O) groups is 2. The van der Waals surface area contributed by atoms with E-state index in [9.17, 15) is 9.59 Å². The summed E-state index contributed by atoms with van der Waals surface area (Å²) in [5.41, 5.74) is -0.550. The third-order valence-corrected chi connectivity index (χ3v) is 2.45. The molecule has 1 aliphatic heterocycles. The van der Waals surface area contributed by atoms with E-state index in [2.05, 4.69) is 10.6 Å². The Morgan fingerprint density at radius 3 is 2.71 bits per heavy atom. The molecular weight excluding hydrogens is 180 g/mol. The molecule has 0 aromatic rings. The van der Waals surface area contributed by atoms with Crippen molar-refractivity contribution in [3.05, 3.63) is 0 Å². The van der Waals surface area contributed by atoms with Crippen molar-refractivity contribution in [1.82, 2.24) is 10.6 Å². The molecule has 80 valence electrons. The Hall–Kier alpha value is -1.06. The highest BCUT2D eigenvalue weighted by atomic mass is 16.2. The molecule has 0 aromatic heterocycles. The van der Waals surface area contributed by atoms with Gasteiger partial charge in [0.25, 0.3) is 0 Å². The van der Waals surface area contributed by atoms with Gasteiger partial charge < -0.3 is 10.6 Å². The lowest BCUT2D eigenvalue weighted by Crippen LogP contribution is -2.41. The fourth-order valence-corrected chi connectivity index (χ4v) is 1.44. The van der Waals surface area contributed by atoms with Gasteiger partial charge in [-0.3, -0.25) is 9.59 Å². The second-order valence-electron chi connectivity index (χ2n) is 4.62. The second-order valence-corrected chi connectivity index (χ2v) is 4.62. The maximum atomic E-state index is 11.7. The maximum absolute atomic E-state index is 11.7. The van der Waals surface area contributed by atoms with E-state index in [0.29, 0.717) is 25.4 Å². The van der Waals surface area contributed by atoms with Gasteiger partial charge in [0.05, 0.1) is 5.41 Å². The number of hydrogen-bond donors (Lipinski definition) is 2. The summed E-state index contributed by atoms with van der Waals surface area (Å²) >= 11 is 0. The van der Waals surface area contributed by atoms with Gasteiger partial charge in [-0.25, -0.2) is 0 Å². The average Bonchev–Trinajstić information content (AvgIpc) is 2.43. The molecule has 1 rings (SSSR count). The number of rotatable bonds is 3. The van der Waals surface area contributed by atoms with Gasteiger partial charge in [-0.1, -0.05) is 13.8 Å². The molecule has 4 nitrogen and oxygen atoms in total. The zero-order valence-electron chi connectivity index (χ0n) is 9.02. The second kappa shape index (κ2) is 3.98. The van der Waals surface area contributed by atoms with Gasteiger partial charge in [0.15, 0.2) is 0 Å². The summed E-state index contributed by atoms with van der Waals surface area (Å²) < 4.78 is 0. The lowest BCUT2D eigenvalue weighted by Gasteiger charge is -2.21. The van der Waals surface area contributed by atoms with Gasteiger partial charge in [-0.05, 0) is 12.8 Å². The zero-order valence-corrected chi connectivity index (χ0v) is 9.02. The SMILES string of the molecule is CC(C)CNC(=O)C1(C)CNC(=O)C1. The van der Waals surface area contributed by atoms with Gasteiger partial charge in [0, 0.05) is 19.5 Å². The van der Waals surface area contributed by atoms with Crippen LogP contribution in [-0.4, -0.2) is 24.9 Å². The molecule has 1 aliphatic rings. The van der Waals surface area contributed by atoms with Crippen molar-refractivity contribution in [1.29, 1.82) is 0 Å². The van der Waals surface area contributed by atoms with Crippen molar-refractivity contribution in [3.8, 4) is 0 Å². The molecule has 0 bridgehead atoms. The molecule has 0 aromatic carbocycles. The van der Waals surface area contributed by atoms with Gasteiger partial charge >= 0.3 is 0 Å². The van der Waals surface area contributed by atoms with E-state index in [-0.39, 0.29) is 11.8 Å². The van der Waals surface area contributed by atoms with Gasteiger partial charge in [-0.2, -0.15) is 0 Å². The Balaban J connectivity index is 2.47. The van der Waals surface area contributed by atoms with Crippen LogP contribution in [0.2, 0.25) is 0 Å². The molecule has 1 heterocycles. The van der Waals surface area contributed by atoms with Crippen LogP contribution in [0.25, 0.3) is 0 Å². The normalized spacial score (nSPS) is 26.4. The summed E-state index contributed by atoms with van der Waals surface area (Å²) in [5.74, 6) is 0.379. The van der Waals surface area contributed by atoms with Crippen molar-refractivity contribution in [2.45, 2.75) is 27.2 Å². The molecule has 4 heteroatoms. The van der Waals surface area contributed by atoms with E-state index in [0.717, 1.165) is 0 Å². The molecule has 2 N–H and O–H groups in total. The third kappa shape index (κ3) is 2.47. The predicted molar refractivity (Wildman–Crippen MR) is 53.6 cm³/mol. The molecule has 2 amide bonds. The van der Waals surface area contributed by atoms with Crippen LogP contribution in [0.4, 0.5) is 0 Å². The van der Waals surface area contributed by atoms with Crippen molar-refractivity contribution < 1.29 is 9.59 Å². The highest BCUT2D eigenvalue weighted by molar-refractivity contribution is 5.92. The number of carbonyl (C=O) groups excluding carboxylic acids is 2. The van der Waals surface area contributed by atoms with Crippen LogP contribution in [0, 0.1) is 11.3 Å². The largest absolute Gasteiger partial charge is 0.355 e. The first-order valence-electron chi connectivity index (χ1n) is 4.99. The maximum Gasteiger partial charge on any atom is 0.228 e. The molecule has 1 atom stereocenters. The number of nitrogens with one attached hydrogen (secondary N) is 2. The Labute approximate surface area is 84.4 Å². The molecule has 14 heavy (non-hydrogen) atoms. The Kier molecular flexibility index (Phi) is 3.13. The van der Waals surface area contributed by atoms with E-state index in [4.69, 9.17) is 0 Å². The number of hydrogen-bond acceptors (Lipinski definition) is 2. The summed E-state index contributed by atoms with van der Waals surface area (Å²) in [4.78, 5) is 22.7. The van der Waals surface area contributed by atoms with Crippen molar-refractivity contribution in [3.63, 3.8) is 0 Å². The standard InChI is InChI=1S/C10H18N2O2/c1-7(2)5-11-9(14)10(3)4-8(13)12-6-10/h7H,4-6H2,1-3H3,(H,11,14)(H,12,13). The van der Waals surface area contributed by atoms with Crippen molar-refractivity contribution in [2.75, 3.05) is 13.1 Å². The molecule has 1 saturated heterocycles. The fraction of sp³-hybridized carbons (Fsp3) is 0.800. The minimum atomic E-state index is -0.550. The topological polar surface area (TPSA) is 58.2 Å². The van der Waals surface area contributed by atoms with Crippen LogP contribution in [0.15, 0.2) is 0 Å². The highest BCUT2D eigenvalue weighted by Gasteiger charge is 2.40. The summed E-state index contributed by atoms with van der Waals surface area (Å²) in [6.07, 6.45) is 0.303. The zero-order chi connectivity index (χ0) is 10.8. The van der Waals surface area contributed by atoms with E-state index in [1.165, 1.54) is 0 Å². The van der Waals surface area contributed by atoms with Crippen LogP contribution in [0.3, 0.4) is 0 Å². The Bertz CT molecular complexity index is 251. The summed E-state index contributed by atoms with van der Waals surface area (Å²) in [6.45, 7) is 7.03. The molecule has 0 aliphatic carbocycles. The van der Waals surface area contributed by atoms with Gasteiger partial charge in [-0.15, -0.1) is 0 Å². The fourth-order valence-electron chi connectivity index (χ4n) is 1.44. The van der Waals surface area contributed by atoms with Crippen LogP contribution in [0.5, 0.6) is 0 Å². The van der Waals surface area contributed by atoms with E-state index in [1.54, 1.807) is 0 Å². The third-order valence-electron chi connectivity index (χ3n) is 2.45. The van der Waals surface area contributed by atoms with Crippen LogP contribution in [-0.2, 0) is 9.59 Å². The molecule has 1 fully saturated rings. The lowest BCUT2D eigenvalue weighted by molar-refractivity contribution is -0.131. The first kappa shape index (κ1) is 11.0. The van der Waals surface area contributed by atoms with Crippen LogP contribution < -0.4 is 10.6 Å². The van der Waals surface area contributed by atoms with E-state index < -0.39 is 5.41 Å². The van der Waals surface area contributed by atoms with E-state index >= 15 is 0 Å². The molecule has 0 radical (unpaired) electrons. The van der Waals surface area contributed by atoms with Gasteiger partial charge in [0.2, 0.25) is 11.8 Å². The molecule has 0 saturated carbocycles. The number of amides is 2. The van der Waals surface area contributed by atoms with E-state index in [1.807, 2.05) is 20.8 Å². The average molecular weight is 198 g/mol. The molecule has 0 spiro atoms. The Morgan fingerprint density at radius 1 is 1.64 bits per heavy atom. The Morgan fingerprint density at radius 2 is 2.29 bits per heavy atom. The minimum absolute atomic E-state index is 0.0236. The van der Waals surface area contributed by atoms with Crippen molar-refractivity contribution in [2.24, 2.45) is 11.3 Å². The smallest absolute Gasteiger partial charge is 0.228 e. The first-order chi connectivity index (χ1) is 6.44. The molecule has 1 unspecified atom stereocenters. The van der Waals surface area contributed by atoms with Crippen LogP contribution >= 0.6 is 0 Å². The predicted octanol–water partition coefficient (Wildman–Crippen LogP) is 0.285. The highest BCUT2D eigenvalue weighted by Crippen LogP contribution is 2.25. The first-order valence-corrected chi connectivity index (χ1v) is 4.99. The summed E-state index contributed by atoms with van der Waals surface area (Å²) in [7, 11) is 0. The quantitative estimate of drug-likeness (QED) is 0.684. The monoisotopic (exact) mass is 198 g/mol. The van der Waals surface area contributed by atoms with Gasteiger partial charge in [0.1, 0.15) is 0 Å². The minimum Gasteiger partial charge on any atom is -0.355 e. The summed E-state index contributed by atoms with van der Waals surface area (Å²) in [6, 6.07) is 0.